The summed E-state index contributed by atoms with van der Waals surface area (Å²) >= 11 is 5.75. The standard InChI is InChI=1S/C13H13ClF3NO/c1-3-7-19-18-12(4-2)10-8-9(14)5-6-11(10)13(15,16)17/h3,5-6,8H,1,4,7H2,2H3. The molecule has 0 spiro atoms. The monoisotopic (exact) mass is 291 g/mol. The number of benzene rings is 1. The van der Waals surface area contributed by atoms with Crippen molar-refractivity contribution in [3.63, 3.8) is 0 Å². The lowest BCUT2D eigenvalue weighted by atomic mass is 10.0. The van der Waals surface area contributed by atoms with Crippen molar-refractivity contribution in [2.45, 2.75) is 19.5 Å². The molecule has 2 nitrogen and oxygen atoms in total. The molecule has 6 heteroatoms. The first-order chi connectivity index (χ1) is 8.90. The minimum Gasteiger partial charge on any atom is -0.391 e. The molecule has 0 aromatic heterocycles. The molecule has 0 aliphatic heterocycles. The van der Waals surface area contributed by atoms with Crippen molar-refractivity contribution in [1.82, 2.24) is 0 Å². The first kappa shape index (κ1) is 15.6. The van der Waals surface area contributed by atoms with Crippen molar-refractivity contribution < 1.29 is 18.0 Å². The van der Waals surface area contributed by atoms with E-state index in [0.29, 0.717) is 6.42 Å². The SMILES string of the molecule is C=CCON=C(CC)c1cc(Cl)ccc1C(F)(F)F. The average Bonchev–Trinajstić information content (AvgIpc) is 2.33. The summed E-state index contributed by atoms with van der Waals surface area (Å²) in [7, 11) is 0. The van der Waals surface area contributed by atoms with Gasteiger partial charge in [0.05, 0.1) is 11.3 Å². The summed E-state index contributed by atoms with van der Waals surface area (Å²) < 4.78 is 38.7. The number of oxime groups is 1. The van der Waals surface area contributed by atoms with Gasteiger partial charge in [-0.15, -0.1) is 0 Å². The highest BCUT2D eigenvalue weighted by molar-refractivity contribution is 6.31. The molecule has 0 aliphatic carbocycles. The third-order valence-corrected chi connectivity index (χ3v) is 2.54. The largest absolute Gasteiger partial charge is 0.417 e. The van der Waals surface area contributed by atoms with E-state index in [-0.39, 0.29) is 22.9 Å². The van der Waals surface area contributed by atoms with E-state index in [1.54, 1.807) is 6.92 Å². The Morgan fingerprint density at radius 1 is 1.47 bits per heavy atom. The van der Waals surface area contributed by atoms with Crippen LogP contribution in [-0.2, 0) is 11.0 Å². The highest BCUT2D eigenvalue weighted by atomic mass is 35.5. The molecule has 0 radical (unpaired) electrons. The topological polar surface area (TPSA) is 21.6 Å². The van der Waals surface area contributed by atoms with E-state index in [0.717, 1.165) is 6.07 Å². The van der Waals surface area contributed by atoms with Gasteiger partial charge >= 0.3 is 6.18 Å². The minimum absolute atomic E-state index is 0.0634. The second-order valence-electron chi connectivity index (χ2n) is 3.66. The Morgan fingerprint density at radius 3 is 2.68 bits per heavy atom. The predicted molar refractivity (Wildman–Crippen MR) is 69.4 cm³/mol. The summed E-state index contributed by atoms with van der Waals surface area (Å²) in [5, 5.41) is 3.92. The maximum Gasteiger partial charge on any atom is 0.417 e. The molecule has 1 aromatic carbocycles. The zero-order chi connectivity index (χ0) is 14.5. The van der Waals surface area contributed by atoms with Gasteiger partial charge in [0, 0.05) is 10.6 Å². The number of nitrogens with zero attached hydrogens (tertiary/aromatic N) is 1. The van der Waals surface area contributed by atoms with Crippen molar-refractivity contribution in [2.24, 2.45) is 5.16 Å². The molecule has 0 bridgehead atoms. The highest BCUT2D eigenvalue weighted by Crippen LogP contribution is 2.34. The molecular weight excluding hydrogens is 279 g/mol. The van der Waals surface area contributed by atoms with Gasteiger partial charge in [0.15, 0.2) is 0 Å². The summed E-state index contributed by atoms with van der Waals surface area (Å²) in [6.45, 7) is 5.25. The zero-order valence-electron chi connectivity index (χ0n) is 10.3. The van der Waals surface area contributed by atoms with Crippen molar-refractivity contribution in [3.8, 4) is 0 Å². The second-order valence-corrected chi connectivity index (χ2v) is 4.10. The van der Waals surface area contributed by atoms with Gasteiger partial charge in [-0.3, -0.25) is 0 Å². The fourth-order valence-corrected chi connectivity index (χ4v) is 1.65. The van der Waals surface area contributed by atoms with E-state index in [4.69, 9.17) is 16.4 Å². The van der Waals surface area contributed by atoms with Crippen LogP contribution in [0.2, 0.25) is 5.02 Å². The predicted octanol–water partition coefficient (Wildman–Crippen LogP) is 4.68. The lowest BCUT2D eigenvalue weighted by Crippen LogP contribution is -2.13. The number of hydrogen-bond donors (Lipinski definition) is 0. The normalized spacial score (nSPS) is 12.4. The second kappa shape index (κ2) is 6.61. The summed E-state index contributed by atoms with van der Waals surface area (Å²) in [5.74, 6) is 0. The van der Waals surface area contributed by atoms with Crippen molar-refractivity contribution >= 4 is 17.3 Å². The van der Waals surface area contributed by atoms with Crippen LogP contribution >= 0.6 is 11.6 Å². The van der Waals surface area contributed by atoms with Crippen LogP contribution in [-0.4, -0.2) is 12.3 Å². The maximum atomic E-state index is 12.9. The quantitative estimate of drug-likeness (QED) is 0.334. The highest BCUT2D eigenvalue weighted by Gasteiger charge is 2.34. The number of halogens is 4. The molecule has 1 rings (SSSR count). The molecule has 0 saturated heterocycles. The van der Waals surface area contributed by atoms with Crippen LogP contribution < -0.4 is 0 Å². The third kappa shape index (κ3) is 4.28. The van der Waals surface area contributed by atoms with Gasteiger partial charge < -0.3 is 4.84 Å². The van der Waals surface area contributed by atoms with Crippen molar-refractivity contribution in [1.29, 1.82) is 0 Å². The summed E-state index contributed by atoms with van der Waals surface area (Å²) in [5.41, 5.74) is -0.650. The van der Waals surface area contributed by atoms with E-state index < -0.39 is 11.7 Å². The van der Waals surface area contributed by atoms with Crippen molar-refractivity contribution in [2.75, 3.05) is 6.61 Å². The minimum atomic E-state index is -4.46. The molecule has 0 aliphatic rings. The van der Waals surface area contributed by atoms with E-state index in [1.165, 1.54) is 18.2 Å². The Labute approximate surface area is 114 Å². The number of rotatable bonds is 5. The third-order valence-electron chi connectivity index (χ3n) is 2.30. The molecule has 19 heavy (non-hydrogen) atoms. The van der Waals surface area contributed by atoms with Crippen LogP contribution in [0.5, 0.6) is 0 Å². The van der Waals surface area contributed by atoms with Crippen molar-refractivity contribution in [3.05, 3.63) is 47.0 Å². The molecule has 0 heterocycles. The molecular formula is C13H13ClF3NO. The fraction of sp³-hybridized carbons (Fsp3) is 0.308. The molecule has 0 atom stereocenters. The fourth-order valence-electron chi connectivity index (χ4n) is 1.47. The molecule has 0 fully saturated rings. The Bertz CT molecular complexity index is 483. The number of alkyl halides is 3. The van der Waals surface area contributed by atoms with E-state index in [2.05, 4.69) is 11.7 Å². The molecule has 0 amide bonds. The zero-order valence-corrected chi connectivity index (χ0v) is 11.1. The molecule has 104 valence electrons. The van der Waals surface area contributed by atoms with Gasteiger partial charge in [0.25, 0.3) is 0 Å². The van der Waals surface area contributed by atoms with Gasteiger partial charge in [-0.2, -0.15) is 13.2 Å². The first-order valence-corrected chi connectivity index (χ1v) is 5.94. The summed E-state index contributed by atoms with van der Waals surface area (Å²) in [4.78, 5) is 4.86. The average molecular weight is 292 g/mol. The molecule has 0 N–H and O–H groups in total. The maximum absolute atomic E-state index is 12.9. The summed E-state index contributed by atoms with van der Waals surface area (Å²) in [6.07, 6.45) is -2.71. The van der Waals surface area contributed by atoms with Crippen LogP contribution in [0.1, 0.15) is 24.5 Å². The van der Waals surface area contributed by atoms with E-state index in [9.17, 15) is 13.2 Å². The number of hydrogen-bond acceptors (Lipinski definition) is 2. The van der Waals surface area contributed by atoms with Gasteiger partial charge in [-0.25, -0.2) is 0 Å². The van der Waals surface area contributed by atoms with Crippen LogP contribution in [0, 0.1) is 0 Å². The lowest BCUT2D eigenvalue weighted by Gasteiger charge is -2.13. The Balaban J connectivity index is 3.25. The van der Waals surface area contributed by atoms with Gasteiger partial charge in [-0.1, -0.05) is 36.3 Å². The van der Waals surface area contributed by atoms with Crippen LogP contribution in [0.4, 0.5) is 13.2 Å². The van der Waals surface area contributed by atoms with Crippen LogP contribution in [0.3, 0.4) is 0 Å². The van der Waals surface area contributed by atoms with E-state index in [1.807, 2.05) is 0 Å². The van der Waals surface area contributed by atoms with E-state index >= 15 is 0 Å². The Kier molecular flexibility index (Phi) is 5.42. The smallest absolute Gasteiger partial charge is 0.391 e. The van der Waals surface area contributed by atoms with Gasteiger partial charge in [0.2, 0.25) is 0 Å². The molecule has 0 saturated carbocycles. The van der Waals surface area contributed by atoms with Crippen LogP contribution in [0.15, 0.2) is 36.0 Å². The summed E-state index contributed by atoms with van der Waals surface area (Å²) in [6, 6.07) is 3.38. The molecule has 0 unspecified atom stereocenters. The Morgan fingerprint density at radius 2 is 2.16 bits per heavy atom. The first-order valence-electron chi connectivity index (χ1n) is 5.57. The van der Waals surface area contributed by atoms with Crippen LogP contribution in [0.25, 0.3) is 0 Å². The molecule has 1 aromatic rings. The lowest BCUT2D eigenvalue weighted by molar-refractivity contribution is -0.137. The Hall–Kier alpha value is -1.49. The van der Waals surface area contributed by atoms with Gasteiger partial charge in [0.1, 0.15) is 6.61 Å². The van der Waals surface area contributed by atoms with Gasteiger partial charge in [-0.05, 0) is 24.6 Å².